The van der Waals surface area contributed by atoms with Crippen LogP contribution in [0.25, 0.3) is 0 Å². The van der Waals surface area contributed by atoms with Gasteiger partial charge in [-0.2, -0.15) is 17.5 Å². The first-order valence-corrected chi connectivity index (χ1v) is 9.31. The van der Waals surface area contributed by atoms with E-state index in [1.807, 2.05) is 0 Å². The molecule has 0 radical (unpaired) electrons. The molecular formula is C16H14ClF3N2O2S. The molecule has 3 rings (SSSR count). The van der Waals surface area contributed by atoms with E-state index in [2.05, 4.69) is 4.98 Å². The highest BCUT2D eigenvalue weighted by Gasteiger charge is 2.42. The van der Waals surface area contributed by atoms with E-state index >= 15 is 0 Å². The summed E-state index contributed by atoms with van der Waals surface area (Å²) in [5.41, 5.74) is -0.595. The summed E-state index contributed by atoms with van der Waals surface area (Å²) in [7, 11) is -4.34. The summed E-state index contributed by atoms with van der Waals surface area (Å²) < 4.78 is 67.0. The fraction of sp³-hybridized carbons (Fsp3) is 0.312. The summed E-state index contributed by atoms with van der Waals surface area (Å²) in [4.78, 5) is 3.19. The highest BCUT2D eigenvalue weighted by atomic mass is 35.5. The van der Waals surface area contributed by atoms with E-state index in [0.29, 0.717) is 24.5 Å². The lowest BCUT2D eigenvalue weighted by atomic mass is 10.1. The van der Waals surface area contributed by atoms with Crippen LogP contribution < -0.4 is 0 Å². The molecule has 1 aliphatic rings. The van der Waals surface area contributed by atoms with Crippen molar-refractivity contribution in [2.45, 2.75) is 30.0 Å². The zero-order valence-electron chi connectivity index (χ0n) is 12.9. The molecule has 2 heterocycles. The second kappa shape index (κ2) is 6.59. The molecule has 1 atom stereocenters. The minimum atomic E-state index is -4.82. The van der Waals surface area contributed by atoms with Gasteiger partial charge >= 0.3 is 6.18 Å². The second-order valence-electron chi connectivity index (χ2n) is 5.70. The highest BCUT2D eigenvalue weighted by Crippen LogP contribution is 2.41. The lowest BCUT2D eigenvalue weighted by Gasteiger charge is -2.25. The minimum absolute atomic E-state index is 0.155. The first kappa shape index (κ1) is 18.2. The van der Waals surface area contributed by atoms with Gasteiger partial charge in [0, 0.05) is 24.0 Å². The predicted octanol–water partition coefficient (Wildman–Crippen LogP) is 4.28. The molecule has 0 saturated carbocycles. The third kappa shape index (κ3) is 3.51. The van der Waals surface area contributed by atoms with E-state index < -0.39 is 32.7 Å². The van der Waals surface area contributed by atoms with Crippen LogP contribution in [-0.4, -0.2) is 24.3 Å². The van der Waals surface area contributed by atoms with Crippen LogP contribution in [0.1, 0.15) is 30.0 Å². The molecule has 0 aliphatic carbocycles. The van der Waals surface area contributed by atoms with E-state index in [0.717, 1.165) is 16.4 Å². The highest BCUT2D eigenvalue weighted by molar-refractivity contribution is 7.89. The van der Waals surface area contributed by atoms with Crippen molar-refractivity contribution in [1.82, 2.24) is 9.29 Å². The van der Waals surface area contributed by atoms with Crippen LogP contribution in [0.5, 0.6) is 0 Å². The summed E-state index contributed by atoms with van der Waals surface area (Å²) in [5, 5.41) is -0.170. The Labute approximate surface area is 148 Å². The van der Waals surface area contributed by atoms with Gasteiger partial charge in [0.05, 0.1) is 16.5 Å². The summed E-state index contributed by atoms with van der Waals surface area (Å²) in [6.45, 7) is 0.155. The molecule has 9 heteroatoms. The van der Waals surface area contributed by atoms with Crippen molar-refractivity contribution in [2.75, 3.05) is 6.54 Å². The van der Waals surface area contributed by atoms with E-state index in [4.69, 9.17) is 11.6 Å². The number of sulfonamides is 1. The molecule has 1 aromatic carbocycles. The van der Waals surface area contributed by atoms with E-state index in [1.165, 1.54) is 6.20 Å². The smallest absolute Gasteiger partial charge is 0.264 e. The van der Waals surface area contributed by atoms with Gasteiger partial charge in [-0.15, -0.1) is 0 Å². The Morgan fingerprint density at radius 3 is 2.64 bits per heavy atom. The van der Waals surface area contributed by atoms with Crippen LogP contribution in [0.15, 0.2) is 47.6 Å². The maximum absolute atomic E-state index is 13.3. The van der Waals surface area contributed by atoms with E-state index in [1.54, 1.807) is 18.3 Å². The maximum Gasteiger partial charge on any atom is 0.417 e. The molecule has 134 valence electrons. The summed E-state index contributed by atoms with van der Waals surface area (Å²) in [6.07, 6.45) is -0.645. The summed E-state index contributed by atoms with van der Waals surface area (Å²) >= 11 is 5.64. The van der Waals surface area contributed by atoms with Crippen molar-refractivity contribution in [3.8, 4) is 0 Å². The van der Waals surface area contributed by atoms with E-state index in [9.17, 15) is 21.6 Å². The largest absolute Gasteiger partial charge is 0.417 e. The number of nitrogens with zero attached hydrogens (tertiary/aromatic N) is 2. The maximum atomic E-state index is 13.3. The molecule has 1 aromatic heterocycles. The normalized spacial score (nSPS) is 19.3. The number of aromatic nitrogens is 1. The van der Waals surface area contributed by atoms with Gasteiger partial charge in [-0.1, -0.05) is 17.7 Å². The lowest BCUT2D eigenvalue weighted by Crippen LogP contribution is -2.32. The van der Waals surface area contributed by atoms with Crippen molar-refractivity contribution < 1.29 is 21.6 Å². The van der Waals surface area contributed by atoms with Gasteiger partial charge in [-0.25, -0.2) is 8.42 Å². The van der Waals surface area contributed by atoms with Gasteiger partial charge in [0.1, 0.15) is 0 Å². The van der Waals surface area contributed by atoms with Gasteiger partial charge in [-0.05, 0) is 42.7 Å². The van der Waals surface area contributed by atoms with Crippen LogP contribution in [-0.2, 0) is 16.2 Å². The molecule has 1 aliphatic heterocycles. The molecule has 0 N–H and O–H groups in total. The standard InChI is InChI=1S/C16H14ClF3N2O2S/c17-12-5-6-15(13(9-12)16(18,19)20)25(23,24)22-8-2-4-14(22)11-3-1-7-21-10-11/h1,3,5-7,9-10,14H,2,4,8H2. The first-order valence-electron chi connectivity index (χ1n) is 7.50. The SMILES string of the molecule is O=S(=O)(c1ccc(Cl)cc1C(F)(F)F)N1CCCC1c1cccnc1. The van der Waals surface area contributed by atoms with Crippen LogP contribution >= 0.6 is 11.6 Å². The van der Waals surface area contributed by atoms with Crippen LogP contribution in [0.2, 0.25) is 5.02 Å². The van der Waals surface area contributed by atoms with Crippen LogP contribution in [0, 0.1) is 0 Å². The number of hydrogen-bond acceptors (Lipinski definition) is 3. The monoisotopic (exact) mass is 390 g/mol. The molecule has 25 heavy (non-hydrogen) atoms. The molecular weight excluding hydrogens is 377 g/mol. The average molecular weight is 391 g/mol. The van der Waals surface area contributed by atoms with E-state index in [-0.39, 0.29) is 11.6 Å². The average Bonchev–Trinajstić information content (AvgIpc) is 3.05. The van der Waals surface area contributed by atoms with Crippen LogP contribution in [0.4, 0.5) is 13.2 Å². The number of alkyl halides is 3. The quantitative estimate of drug-likeness (QED) is 0.786. The zero-order valence-corrected chi connectivity index (χ0v) is 14.4. The van der Waals surface area contributed by atoms with Gasteiger partial charge in [0.15, 0.2) is 0 Å². The zero-order chi connectivity index (χ0) is 18.2. The van der Waals surface area contributed by atoms with Crippen molar-refractivity contribution in [2.24, 2.45) is 0 Å². The molecule has 1 fully saturated rings. The summed E-state index contributed by atoms with van der Waals surface area (Å²) in [5.74, 6) is 0. The van der Waals surface area contributed by atoms with Crippen LogP contribution in [0.3, 0.4) is 0 Å². The number of halogens is 4. The topological polar surface area (TPSA) is 50.3 Å². The Kier molecular flexibility index (Phi) is 4.78. The predicted molar refractivity (Wildman–Crippen MR) is 86.6 cm³/mol. The molecule has 0 amide bonds. The molecule has 0 bridgehead atoms. The van der Waals surface area contributed by atoms with Crippen molar-refractivity contribution in [3.63, 3.8) is 0 Å². The Bertz CT molecular complexity index is 873. The van der Waals surface area contributed by atoms with Crippen molar-refractivity contribution >= 4 is 21.6 Å². The third-order valence-corrected chi connectivity index (χ3v) is 6.31. The Morgan fingerprint density at radius 1 is 1.24 bits per heavy atom. The van der Waals surface area contributed by atoms with Crippen molar-refractivity contribution in [3.05, 3.63) is 58.9 Å². The Morgan fingerprint density at radius 2 is 2.00 bits per heavy atom. The van der Waals surface area contributed by atoms with Crippen molar-refractivity contribution in [1.29, 1.82) is 0 Å². The fourth-order valence-electron chi connectivity index (χ4n) is 3.01. The summed E-state index contributed by atoms with van der Waals surface area (Å²) in [6, 6.07) is 5.57. The van der Waals surface area contributed by atoms with Gasteiger partial charge in [-0.3, -0.25) is 4.98 Å². The Hall–Kier alpha value is -1.64. The molecule has 4 nitrogen and oxygen atoms in total. The second-order valence-corrected chi connectivity index (χ2v) is 7.99. The number of pyridine rings is 1. The lowest BCUT2D eigenvalue weighted by molar-refractivity contribution is -0.139. The number of hydrogen-bond donors (Lipinski definition) is 0. The van der Waals surface area contributed by atoms with Gasteiger partial charge in [0.25, 0.3) is 0 Å². The third-order valence-electron chi connectivity index (χ3n) is 4.11. The number of rotatable bonds is 3. The minimum Gasteiger partial charge on any atom is -0.264 e. The molecule has 1 unspecified atom stereocenters. The van der Waals surface area contributed by atoms with Gasteiger partial charge < -0.3 is 0 Å². The fourth-order valence-corrected chi connectivity index (χ4v) is 5.06. The first-order chi connectivity index (χ1) is 11.7. The molecule has 2 aromatic rings. The number of benzene rings is 1. The Balaban J connectivity index is 2.08. The van der Waals surface area contributed by atoms with Gasteiger partial charge in [0.2, 0.25) is 10.0 Å². The molecule has 1 saturated heterocycles. The molecule has 0 spiro atoms.